The summed E-state index contributed by atoms with van der Waals surface area (Å²) < 4.78 is 5.76. The van der Waals surface area contributed by atoms with E-state index in [0.29, 0.717) is 11.5 Å². The first-order valence-electron chi connectivity index (χ1n) is 8.52. The summed E-state index contributed by atoms with van der Waals surface area (Å²) in [6, 6.07) is 0. The van der Waals surface area contributed by atoms with Gasteiger partial charge < -0.3 is 15.0 Å². The van der Waals surface area contributed by atoms with Crippen molar-refractivity contribution in [3.63, 3.8) is 0 Å². The quantitative estimate of drug-likeness (QED) is 0.667. The molecule has 1 heterocycles. The van der Waals surface area contributed by atoms with Crippen molar-refractivity contribution in [1.29, 1.82) is 0 Å². The maximum absolute atomic E-state index is 5.76. The van der Waals surface area contributed by atoms with Crippen LogP contribution >= 0.6 is 0 Å². The summed E-state index contributed by atoms with van der Waals surface area (Å²) in [5.41, 5.74) is 0.405. The first kappa shape index (κ1) is 17.9. The first-order valence-corrected chi connectivity index (χ1v) is 8.52. The third-order valence-corrected chi connectivity index (χ3v) is 4.70. The number of nitrogens with one attached hydrogen (secondary N) is 1. The second-order valence-corrected chi connectivity index (χ2v) is 7.06. The number of nitrogens with zero attached hydrogens (tertiary/aromatic N) is 1. The van der Waals surface area contributed by atoms with Crippen LogP contribution in [0.5, 0.6) is 0 Å². The lowest BCUT2D eigenvalue weighted by Crippen LogP contribution is -2.44. The molecule has 1 atom stereocenters. The predicted octanol–water partition coefficient (Wildman–Crippen LogP) is 3.15. The SMILES string of the molecule is CCC(CC)(CNCC(C)C)CN(C)CC1CCCO1. The molecular weight excluding hydrogens is 248 g/mol. The van der Waals surface area contributed by atoms with Crippen molar-refractivity contribution in [1.82, 2.24) is 10.2 Å². The fourth-order valence-corrected chi connectivity index (χ4v) is 3.18. The third kappa shape index (κ3) is 6.11. The highest BCUT2D eigenvalue weighted by Gasteiger charge is 2.28. The molecule has 1 aliphatic rings. The molecule has 1 N–H and O–H groups in total. The minimum absolute atomic E-state index is 0.405. The van der Waals surface area contributed by atoms with E-state index >= 15 is 0 Å². The molecule has 1 aliphatic heterocycles. The molecule has 3 heteroatoms. The van der Waals surface area contributed by atoms with Crippen molar-refractivity contribution in [2.24, 2.45) is 11.3 Å². The Bertz CT molecular complexity index is 245. The molecule has 0 spiro atoms. The van der Waals surface area contributed by atoms with Crippen LogP contribution in [-0.2, 0) is 4.74 Å². The molecule has 1 rings (SSSR count). The van der Waals surface area contributed by atoms with Gasteiger partial charge in [-0.2, -0.15) is 0 Å². The van der Waals surface area contributed by atoms with E-state index in [9.17, 15) is 0 Å². The van der Waals surface area contributed by atoms with Crippen LogP contribution in [0.1, 0.15) is 53.4 Å². The normalized spacial score (nSPS) is 20.2. The van der Waals surface area contributed by atoms with Gasteiger partial charge in [0.15, 0.2) is 0 Å². The zero-order chi connectivity index (χ0) is 15.0. The molecule has 0 aromatic rings. The van der Waals surface area contributed by atoms with Gasteiger partial charge in [-0.25, -0.2) is 0 Å². The summed E-state index contributed by atoms with van der Waals surface area (Å²) in [6.07, 6.45) is 5.42. The molecule has 0 aliphatic carbocycles. The maximum Gasteiger partial charge on any atom is 0.0702 e. The van der Waals surface area contributed by atoms with Crippen molar-refractivity contribution in [2.45, 2.75) is 59.5 Å². The Morgan fingerprint density at radius 2 is 2.00 bits per heavy atom. The Morgan fingerprint density at radius 1 is 1.30 bits per heavy atom. The van der Waals surface area contributed by atoms with Gasteiger partial charge in [-0.05, 0) is 50.6 Å². The summed E-state index contributed by atoms with van der Waals surface area (Å²) in [7, 11) is 2.25. The summed E-state index contributed by atoms with van der Waals surface area (Å²) in [5, 5.41) is 3.67. The number of rotatable bonds is 10. The molecule has 0 aromatic carbocycles. The van der Waals surface area contributed by atoms with E-state index in [1.807, 2.05) is 0 Å². The van der Waals surface area contributed by atoms with Crippen LogP contribution in [0.2, 0.25) is 0 Å². The van der Waals surface area contributed by atoms with E-state index in [-0.39, 0.29) is 0 Å². The van der Waals surface area contributed by atoms with E-state index in [0.717, 1.165) is 32.2 Å². The standard InChI is InChI=1S/C17H36N2O/c1-6-17(7-2,13-18-11-15(3)4)14-19(5)12-16-9-8-10-20-16/h15-16,18H,6-14H2,1-5H3. The van der Waals surface area contributed by atoms with Crippen LogP contribution < -0.4 is 5.32 Å². The second kappa shape index (κ2) is 9.01. The van der Waals surface area contributed by atoms with Crippen LogP contribution in [0.15, 0.2) is 0 Å². The average molecular weight is 284 g/mol. The van der Waals surface area contributed by atoms with E-state index in [4.69, 9.17) is 4.74 Å². The topological polar surface area (TPSA) is 24.5 Å². The van der Waals surface area contributed by atoms with E-state index in [2.05, 4.69) is 45.0 Å². The molecule has 120 valence electrons. The highest BCUT2D eigenvalue weighted by Crippen LogP contribution is 2.27. The van der Waals surface area contributed by atoms with Gasteiger partial charge in [0.25, 0.3) is 0 Å². The van der Waals surface area contributed by atoms with Gasteiger partial charge in [0.2, 0.25) is 0 Å². The van der Waals surface area contributed by atoms with Crippen LogP contribution in [0.4, 0.5) is 0 Å². The number of ether oxygens (including phenoxy) is 1. The average Bonchev–Trinajstić information content (AvgIpc) is 2.89. The van der Waals surface area contributed by atoms with E-state index in [1.54, 1.807) is 0 Å². The fraction of sp³-hybridized carbons (Fsp3) is 1.00. The number of hydrogen-bond donors (Lipinski definition) is 1. The monoisotopic (exact) mass is 284 g/mol. The Kier molecular flexibility index (Phi) is 8.08. The Balaban J connectivity index is 2.42. The Morgan fingerprint density at radius 3 is 2.50 bits per heavy atom. The van der Waals surface area contributed by atoms with Crippen molar-refractivity contribution >= 4 is 0 Å². The van der Waals surface area contributed by atoms with Gasteiger partial charge in [0.05, 0.1) is 6.10 Å². The van der Waals surface area contributed by atoms with Gasteiger partial charge in [0.1, 0.15) is 0 Å². The highest BCUT2D eigenvalue weighted by molar-refractivity contribution is 4.83. The molecule has 20 heavy (non-hydrogen) atoms. The third-order valence-electron chi connectivity index (χ3n) is 4.70. The molecule has 1 fully saturated rings. The van der Waals surface area contributed by atoms with E-state index < -0.39 is 0 Å². The lowest BCUT2D eigenvalue weighted by Gasteiger charge is -2.37. The fourth-order valence-electron chi connectivity index (χ4n) is 3.18. The van der Waals surface area contributed by atoms with Crippen molar-refractivity contribution in [3.05, 3.63) is 0 Å². The smallest absolute Gasteiger partial charge is 0.0702 e. The van der Waals surface area contributed by atoms with Gasteiger partial charge in [-0.3, -0.25) is 0 Å². The Hall–Kier alpha value is -0.120. The molecule has 0 radical (unpaired) electrons. The minimum Gasteiger partial charge on any atom is -0.377 e. The van der Waals surface area contributed by atoms with Crippen LogP contribution in [0, 0.1) is 11.3 Å². The zero-order valence-corrected chi connectivity index (χ0v) is 14.4. The molecule has 1 unspecified atom stereocenters. The second-order valence-electron chi connectivity index (χ2n) is 7.06. The largest absolute Gasteiger partial charge is 0.377 e. The first-order chi connectivity index (χ1) is 9.51. The number of hydrogen-bond acceptors (Lipinski definition) is 3. The number of likely N-dealkylation sites (N-methyl/N-ethyl adjacent to an activating group) is 1. The van der Waals surface area contributed by atoms with Gasteiger partial charge in [-0.1, -0.05) is 27.7 Å². The maximum atomic E-state index is 5.76. The molecule has 1 saturated heterocycles. The van der Waals surface area contributed by atoms with Gasteiger partial charge >= 0.3 is 0 Å². The summed E-state index contributed by atoms with van der Waals surface area (Å²) >= 11 is 0. The van der Waals surface area contributed by atoms with Crippen molar-refractivity contribution < 1.29 is 4.74 Å². The summed E-state index contributed by atoms with van der Waals surface area (Å²) in [6.45, 7) is 14.7. The van der Waals surface area contributed by atoms with Gasteiger partial charge in [-0.15, -0.1) is 0 Å². The zero-order valence-electron chi connectivity index (χ0n) is 14.4. The lowest BCUT2D eigenvalue weighted by atomic mass is 9.81. The minimum atomic E-state index is 0.405. The lowest BCUT2D eigenvalue weighted by molar-refractivity contribution is 0.0619. The molecule has 0 amide bonds. The summed E-state index contributed by atoms with van der Waals surface area (Å²) in [5.74, 6) is 0.728. The molecular formula is C17H36N2O. The molecule has 3 nitrogen and oxygen atoms in total. The van der Waals surface area contributed by atoms with Crippen molar-refractivity contribution in [3.8, 4) is 0 Å². The van der Waals surface area contributed by atoms with Crippen LogP contribution in [-0.4, -0.2) is 50.8 Å². The molecule has 0 bridgehead atoms. The van der Waals surface area contributed by atoms with Gasteiger partial charge in [0, 0.05) is 26.2 Å². The van der Waals surface area contributed by atoms with Crippen LogP contribution in [0.25, 0.3) is 0 Å². The van der Waals surface area contributed by atoms with E-state index in [1.165, 1.54) is 32.2 Å². The van der Waals surface area contributed by atoms with Crippen molar-refractivity contribution in [2.75, 3.05) is 39.8 Å². The summed E-state index contributed by atoms with van der Waals surface area (Å²) in [4.78, 5) is 2.49. The Labute approximate surface area is 126 Å². The predicted molar refractivity (Wildman–Crippen MR) is 87.2 cm³/mol. The van der Waals surface area contributed by atoms with Crippen LogP contribution in [0.3, 0.4) is 0 Å². The highest BCUT2D eigenvalue weighted by atomic mass is 16.5. The molecule has 0 saturated carbocycles. The molecule has 0 aromatic heterocycles.